The number of aryl methyl sites for hydroxylation is 3. The summed E-state index contributed by atoms with van der Waals surface area (Å²) in [6, 6.07) is 23.8. The van der Waals surface area contributed by atoms with Crippen LogP contribution >= 0.6 is 11.8 Å². The lowest BCUT2D eigenvalue weighted by molar-refractivity contribution is -0.139. The third kappa shape index (κ3) is 7.22. The molecule has 178 valence electrons. The molecule has 3 aromatic rings. The van der Waals surface area contributed by atoms with Gasteiger partial charge >= 0.3 is 0 Å². The predicted molar refractivity (Wildman–Crippen MR) is 142 cm³/mol. The molecule has 0 aromatic heterocycles. The summed E-state index contributed by atoms with van der Waals surface area (Å²) in [6.07, 6.45) is 0.472. The fourth-order valence-electron chi connectivity index (χ4n) is 4.18. The normalized spacial score (nSPS) is 11.6. The molecule has 0 saturated carbocycles. The van der Waals surface area contributed by atoms with Gasteiger partial charge in [0, 0.05) is 25.8 Å². The fraction of sp³-hybridized carbons (Fsp3) is 0.310. The Morgan fingerprint density at radius 1 is 0.882 bits per heavy atom. The lowest BCUT2D eigenvalue weighted by Crippen LogP contribution is -2.50. The number of nitrogens with zero attached hydrogens (tertiary/aromatic N) is 1. The molecule has 0 aliphatic rings. The first kappa shape index (κ1) is 25.6. The van der Waals surface area contributed by atoms with Crippen molar-refractivity contribution in [1.82, 2.24) is 10.2 Å². The van der Waals surface area contributed by atoms with Gasteiger partial charge < -0.3 is 10.2 Å². The summed E-state index contributed by atoms with van der Waals surface area (Å²) < 4.78 is 0. The Bertz CT molecular complexity index is 1090. The number of hydrogen-bond acceptors (Lipinski definition) is 3. The number of amides is 2. The van der Waals surface area contributed by atoms with Gasteiger partial charge in [0.15, 0.2) is 0 Å². The number of carbonyl (C=O) groups excluding carboxylic acids is 2. The molecule has 0 unspecified atom stereocenters. The molecule has 0 aliphatic heterocycles. The van der Waals surface area contributed by atoms with Crippen molar-refractivity contribution < 1.29 is 9.59 Å². The van der Waals surface area contributed by atoms with Gasteiger partial charge in [0.05, 0.1) is 5.75 Å². The van der Waals surface area contributed by atoms with Crippen molar-refractivity contribution in [3.8, 4) is 0 Å². The lowest BCUT2D eigenvalue weighted by Gasteiger charge is -2.31. The van der Waals surface area contributed by atoms with Crippen molar-refractivity contribution in [2.75, 3.05) is 12.8 Å². The van der Waals surface area contributed by atoms with Gasteiger partial charge in [0.1, 0.15) is 6.04 Å². The number of rotatable bonds is 10. The SMILES string of the molecule is CNC(=O)[C@H](Cc1ccccc1)N(Cc1ccccc1C)C(=O)CSCc1cc(C)cc(C)c1. The third-order valence-electron chi connectivity index (χ3n) is 5.90. The highest BCUT2D eigenvalue weighted by molar-refractivity contribution is 7.99. The molecule has 0 heterocycles. The van der Waals surface area contributed by atoms with E-state index in [0.717, 1.165) is 22.4 Å². The number of nitrogens with one attached hydrogen (secondary N) is 1. The van der Waals surface area contributed by atoms with Gasteiger partial charge in [-0.1, -0.05) is 83.9 Å². The number of thioether (sulfide) groups is 1. The molecule has 0 spiro atoms. The molecular weight excluding hydrogens is 440 g/mol. The standard InChI is InChI=1S/C29H34N2O2S/c1-21-14-22(2)16-25(15-21)19-34-20-28(32)31(18-26-13-9-8-10-23(26)3)27(29(33)30-4)17-24-11-6-5-7-12-24/h5-16,27H,17-20H2,1-4H3,(H,30,33)/t27-/m0/s1. The highest BCUT2D eigenvalue weighted by Gasteiger charge is 2.30. The minimum Gasteiger partial charge on any atom is -0.357 e. The summed E-state index contributed by atoms with van der Waals surface area (Å²) in [6.45, 7) is 6.63. The maximum Gasteiger partial charge on any atom is 0.242 e. The summed E-state index contributed by atoms with van der Waals surface area (Å²) in [4.78, 5) is 28.3. The van der Waals surface area contributed by atoms with Crippen molar-refractivity contribution in [1.29, 1.82) is 0 Å². The van der Waals surface area contributed by atoms with E-state index in [0.29, 0.717) is 18.7 Å². The Morgan fingerprint density at radius 2 is 1.53 bits per heavy atom. The molecular formula is C29H34N2O2S. The van der Waals surface area contributed by atoms with Crippen LogP contribution in [0.3, 0.4) is 0 Å². The molecule has 0 saturated heterocycles. The Labute approximate surface area is 207 Å². The largest absolute Gasteiger partial charge is 0.357 e. The van der Waals surface area contributed by atoms with Crippen LogP contribution in [0.1, 0.15) is 33.4 Å². The second-order valence-electron chi connectivity index (χ2n) is 8.76. The minimum atomic E-state index is -0.582. The lowest BCUT2D eigenvalue weighted by atomic mass is 10.0. The van der Waals surface area contributed by atoms with Crippen molar-refractivity contribution in [3.05, 3.63) is 106 Å². The van der Waals surface area contributed by atoms with Crippen molar-refractivity contribution >= 4 is 23.6 Å². The summed E-state index contributed by atoms with van der Waals surface area (Å²) in [5.74, 6) is 0.906. The third-order valence-corrected chi connectivity index (χ3v) is 6.88. The van der Waals surface area contributed by atoms with Gasteiger partial charge in [-0.2, -0.15) is 0 Å². The first-order chi connectivity index (χ1) is 16.4. The highest BCUT2D eigenvalue weighted by atomic mass is 32.2. The summed E-state index contributed by atoms with van der Waals surface area (Å²) in [7, 11) is 1.63. The average Bonchev–Trinajstić information content (AvgIpc) is 2.82. The first-order valence-electron chi connectivity index (χ1n) is 11.6. The van der Waals surface area contributed by atoms with Gasteiger partial charge in [-0.25, -0.2) is 0 Å². The predicted octanol–water partition coefficient (Wildman–Crippen LogP) is 5.23. The summed E-state index contributed by atoms with van der Waals surface area (Å²) >= 11 is 1.60. The Hall–Kier alpha value is -3.05. The average molecular weight is 475 g/mol. The Kier molecular flexibility index (Phi) is 9.34. The number of hydrogen-bond donors (Lipinski definition) is 1. The number of benzene rings is 3. The van der Waals surface area contributed by atoms with Crippen molar-refractivity contribution in [3.63, 3.8) is 0 Å². The van der Waals surface area contributed by atoms with Crippen LogP contribution in [0.4, 0.5) is 0 Å². The zero-order chi connectivity index (χ0) is 24.5. The van der Waals surface area contributed by atoms with Crippen LogP contribution in [0.2, 0.25) is 0 Å². The molecule has 0 fully saturated rings. The molecule has 4 nitrogen and oxygen atoms in total. The monoisotopic (exact) mass is 474 g/mol. The maximum absolute atomic E-state index is 13.6. The van der Waals surface area contributed by atoms with Crippen LogP contribution in [-0.4, -0.2) is 35.6 Å². The van der Waals surface area contributed by atoms with Crippen LogP contribution in [0.5, 0.6) is 0 Å². The smallest absolute Gasteiger partial charge is 0.242 e. The van der Waals surface area contributed by atoms with E-state index in [2.05, 4.69) is 37.4 Å². The molecule has 2 amide bonds. The fourth-order valence-corrected chi connectivity index (χ4v) is 5.03. The summed E-state index contributed by atoms with van der Waals surface area (Å²) in [5.41, 5.74) is 6.86. The zero-order valence-corrected chi connectivity index (χ0v) is 21.3. The molecule has 1 atom stereocenters. The molecule has 5 heteroatoms. The van der Waals surface area contributed by atoms with Crippen LogP contribution < -0.4 is 5.32 Å². The highest BCUT2D eigenvalue weighted by Crippen LogP contribution is 2.20. The molecule has 1 N–H and O–H groups in total. The second kappa shape index (κ2) is 12.4. The van der Waals surface area contributed by atoms with Gasteiger partial charge in [-0.05, 0) is 43.0 Å². The van der Waals surface area contributed by atoms with Gasteiger partial charge in [-0.15, -0.1) is 11.8 Å². The van der Waals surface area contributed by atoms with Gasteiger partial charge in [0.25, 0.3) is 0 Å². The van der Waals surface area contributed by atoms with E-state index in [4.69, 9.17) is 0 Å². The zero-order valence-electron chi connectivity index (χ0n) is 20.5. The quantitative estimate of drug-likeness (QED) is 0.438. The minimum absolute atomic E-state index is 0.0258. The Morgan fingerprint density at radius 3 is 2.18 bits per heavy atom. The summed E-state index contributed by atoms with van der Waals surface area (Å²) in [5, 5.41) is 2.78. The number of likely N-dealkylation sites (N-methyl/N-ethyl adjacent to an activating group) is 1. The maximum atomic E-state index is 13.6. The van der Waals surface area contributed by atoms with E-state index in [1.807, 2.05) is 61.5 Å². The van der Waals surface area contributed by atoms with E-state index in [1.165, 1.54) is 16.7 Å². The van der Waals surface area contributed by atoms with Gasteiger partial charge in [-0.3, -0.25) is 9.59 Å². The molecule has 0 bridgehead atoms. The molecule has 34 heavy (non-hydrogen) atoms. The van der Waals surface area contributed by atoms with Crippen LogP contribution in [0.25, 0.3) is 0 Å². The molecule has 0 aliphatic carbocycles. The van der Waals surface area contributed by atoms with E-state index in [1.54, 1.807) is 23.7 Å². The van der Waals surface area contributed by atoms with Crippen molar-refractivity contribution in [2.24, 2.45) is 0 Å². The van der Waals surface area contributed by atoms with E-state index in [9.17, 15) is 9.59 Å². The van der Waals surface area contributed by atoms with Crippen molar-refractivity contribution in [2.45, 2.75) is 45.5 Å². The Balaban J connectivity index is 1.82. The molecule has 3 rings (SSSR count). The molecule has 0 radical (unpaired) electrons. The van der Waals surface area contributed by atoms with E-state index in [-0.39, 0.29) is 11.8 Å². The topological polar surface area (TPSA) is 49.4 Å². The van der Waals surface area contributed by atoms with E-state index >= 15 is 0 Å². The van der Waals surface area contributed by atoms with E-state index < -0.39 is 6.04 Å². The van der Waals surface area contributed by atoms with Gasteiger partial charge in [0.2, 0.25) is 11.8 Å². The first-order valence-corrected chi connectivity index (χ1v) is 12.8. The van der Waals surface area contributed by atoms with Crippen LogP contribution in [0, 0.1) is 20.8 Å². The van der Waals surface area contributed by atoms with Crippen LogP contribution in [-0.2, 0) is 28.3 Å². The molecule has 3 aromatic carbocycles. The number of carbonyl (C=O) groups is 2. The second-order valence-corrected chi connectivity index (χ2v) is 9.74. The van der Waals surface area contributed by atoms with Crippen LogP contribution in [0.15, 0.2) is 72.8 Å².